The summed E-state index contributed by atoms with van der Waals surface area (Å²) in [6, 6.07) is 0. The molecule has 0 atom stereocenters. The van der Waals surface area contributed by atoms with Crippen molar-refractivity contribution in [2.24, 2.45) is 0 Å². The second kappa shape index (κ2) is 2.96. The van der Waals surface area contributed by atoms with E-state index < -0.39 is 5.97 Å². The van der Waals surface area contributed by atoms with Gasteiger partial charge in [0.25, 0.3) is 0 Å². The lowest BCUT2D eigenvalue weighted by atomic mass is 10.3. The zero-order chi connectivity index (χ0) is 9.42. The number of nitrogens with zero attached hydrogens (tertiary/aromatic N) is 2. The largest absolute Gasteiger partial charge is 0.478 e. The Labute approximate surface area is 79.6 Å². The van der Waals surface area contributed by atoms with Crippen molar-refractivity contribution in [3.63, 3.8) is 0 Å². The van der Waals surface area contributed by atoms with Gasteiger partial charge >= 0.3 is 5.97 Å². The molecular weight excluding hydrogens is 192 g/mol. The van der Waals surface area contributed by atoms with Gasteiger partial charge in [-0.25, -0.2) is 14.8 Å². The normalized spacial score (nSPS) is 15.8. The van der Waals surface area contributed by atoms with Crippen molar-refractivity contribution in [1.29, 1.82) is 0 Å². The highest BCUT2D eigenvalue weighted by Crippen LogP contribution is 2.38. The molecule has 0 bridgehead atoms. The zero-order valence-corrected chi connectivity index (χ0v) is 7.45. The summed E-state index contributed by atoms with van der Waals surface area (Å²) in [5.74, 6) is -0.0392. The van der Waals surface area contributed by atoms with Gasteiger partial charge in [-0.05, 0) is 12.8 Å². The molecule has 5 heteroatoms. The van der Waals surface area contributed by atoms with Gasteiger partial charge < -0.3 is 5.11 Å². The summed E-state index contributed by atoms with van der Waals surface area (Å²) in [6.07, 6.45) is 3.41. The topological polar surface area (TPSA) is 63.1 Å². The van der Waals surface area contributed by atoms with Crippen LogP contribution in [0, 0.1) is 0 Å². The van der Waals surface area contributed by atoms with E-state index in [1.165, 1.54) is 6.20 Å². The third kappa shape index (κ3) is 1.62. The Morgan fingerprint density at radius 2 is 2.31 bits per heavy atom. The molecule has 0 saturated heterocycles. The van der Waals surface area contributed by atoms with E-state index in [2.05, 4.69) is 9.97 Å². The molecule has 0 radical (unpaired) electrons. The Morgan fingerprint density at radius 3 is 2.77 bits per heavy atom. The predicted octanol–water partition coefficient (Wildman–Crippen LogP) is 1.71. The van der Waals surface area contributed by atoms with Crippen molar-refractivity contribution in [1.82, 2.24) is 9.97 Å². The van der Waals surface area contributed by atoms with E-state index in [0.29, 0.717) is 11.7 Å². The van der Waals surface area contributed by atoms with E-state index in [9.17, 15) is 4.79 Å². The maximum Gasteiger partial charge on any atom is 0.340 e. The van der Waals surface area contributed by atoms with Crippen molar-refractivity contribution >= 4 is 17.6 Å². The third-order valence-corrected chi connectivity index (χ3v) is 2.22. The molecule has 0 unspecified atom stereocenters. The quantitative estimate of drug-likeness (QED) is 0.735. The number of carbonyl (C=O) groups is 1. The van der Waals surface area contributed by atoms with E-state index in [0.717, 1.165) is 12.8 Å². The second-order valence-electron chi connectivity index (χ2n) is 3.01. The van der Waals surface area contributed by atoms with Crippen LogP contribution < -0.4 is 0 Å². The molecule has 0 amide bonds. The lowest BCUT2D eigenvalue weighted by molar-refractivity contribution is 0.0696. The molecule has 13 heavy (non-hydrogen) atoms. The van der Waals surface area contributed by atoms with Crippen LogP contribution in [0.4, 0.5) is 0 Å². The van der Waals surface area contributed by atoms with Crippen LogP contribution in [0.2, 0.25) is 5.15 Å². The molecule has 0 aromatic carbocycles. The van der Waals surface area contributed by atoms with Gasteiger partial charge in [-0.3, -0.25) is 0 Å². The van der Waals surface area contributed by atoms with Crippen LogP contribution in [0.15, 0.2) is 6.20 Å². The van der Waals surface area contributed by atoms with Crippen molar-refractivity contribution < 1.29 is 9.90 Å². The van der Waals surface area contributed by atoms with Crippen molar-refractivity contribution in [2.75, 3.05) is 0 Å². The summed E-state index contributed by atoms with van der Waals surface area (Å²) in [5, 5.41) is 8.68. The molecule has 1 aromatic rings. The molecule has 2 rings (SSSR count). The lowest BCUT2D eigenvalue weighted by Crippen LogP contribution is -2.03. The number of aromatic carboxylic acids is 1. The number of hydrogen-bond acceptors (Lipinski definition) is 3. The molecule has 1 N–H and O–H groups in total. The van der Waals surface area contributed by atoms with Crippen LogP contribution in [-0.4, -0.2) is 21.0 Å². The first-order valence-corrected chi connectivity index (χ1v) is 4.32. The number of rotatable bonds is 2. The monoisotopic (exact) mass is 198 g/mol. The predicted molar refractivity (Wildman–Crippen MR) is 46.0 cm³/mol. The number of carboxylic acid groups (broad SMARTS) is 1. The first-order chi connectivity index (χ1) is 6.18. The highest BCUT2D eigenvalue weighted by Gasteiger charge is 2.27. The summed E-state index contributed by atoms with van der Waals surface area (Å²) >= 11 is 5.66. The molecule has 1 aliphatic carbocycles. The molecule has 1 aliphatic rings. The van der Waals surface area contributed by atoms with Crippen LogP contribution in [0.25, 0.3) is 0 Å². The molecule has 0 spiro atoms. The van der Waals surface area contributed by atoms with Crippen LogP contribution in [0.3, 0.4) is 0 Å². The molecule has 1 fully saturated rings. The fourth-order valence-electron chi connectivity index (χ4n) is 1.06. The van der Waals surface area contributed by atoms with Crippen molar-refractivity contribution in [2.45, 2.75) is 18.8 Å². The van der Waals surface area contributed by atoms with Gasteiger partial charge in [-0.2, -0.15) is 0 Å². The first-order valence-electron chi connectivity index (χ1n) is 3.94. The van der Waals surface area contributed by atoms with E-state index in [-0.39, 0.29) is 10.7 Å². The van der Waals surface area contributed by atoms with Crippen LogP contribution in [0.5, 0.6) is 0 Å². The van der Waals surface area contributed by atoms with Crippen LogP contribution in [-0.2, 0) is 0 Å². The average molecular weight is 199 g/mol. The number of hydrogen-bond donors (Lipinski definition) is 1. The van der Waals surface area contributed by atoms with Gasteiger partial charge in [-0.1, -0.05) is 11.6 Å². The maximum atomic E-state index is 10.6. The van der Waals surface area contributed by atoms with Gasteiger partial charge in [0.05, 0.1) is 0 Å². The zero-order valence-electron chi connectivity index (χ0n) is 6.70. The maximum absolute atomic E-state index is 10.6. The number of carboxylic acids is 1. The summed E-state index contributed by atoms with van der Waals surface area (Å²) in [7, 11) is 0. The molecule has 1 saturated carbocycles. The highest BCUT2D eigenvalue weighted by molar-refractivity contribution is 6.32. The summed E-state index contributed by atoms with van der Waals surface area (Å²) < 4.78 is 0. The van der Waals surface area contributed by atoms with Crippen LogP contribution in [0.1, 0.15) is 34.9 Å². The molecule has 1 heterocycles. The third-order valence-electron chi connectivity index (χ3n) is 1.93. The molecule has 68 valence electrons. The fourth-order valence-corrected chi connectivity index (χ4v) is 1.27. The Bertz CT molecular complexity index is 363. The van der Waals surface area contributed by atoms with E-state index in [1.54, 1.807) is 0 Å². The molecule has 1 aromatic heterocycles. The van der Waals surface area contributed by atoms with E-state index in [4.69, 9.17) is 16.7 Å². The number of halogens is 1. The molecule has 4 nitrogen and oxygen atoms in total. The van der Waals surface area contributed by atoms with Gasteiger partial charge in [0, 0.05) is 12.1 Å². The number of aromatic nitrogens is 2. The minimum absolute atomic E-state index is 0.0319. The standard InChI is InChI=1S/C8H7ClN2O2/c9-6-5(8(12)13)3-10-7(11-6)4-1-2-4/h3-4H,1-2H2,(H,12,13). The van der Waals surface area contributed by atoms with E-state index >= 15 is 0 Å². The Morgan fingerprint density at radius 1 is 1.62 bits per heavy atom. The van der Waals surface area contributed by atoms with Crippen molar-refractivity contribution in [3.05, 3.63) is 22.7 Å². The second-order valence-corrected chi connectivity index (χ2v) is 3.37. The SMILES string of the molecule is O=C(O)c1cnc(C2CC2)nc1Cl. The summed E-state index contributed by atoms with van der Waals surface area (Å²) in [4.78, 5) is 18.4. The van der Waals surface area contributed by atoms with Gasteiger partial charge in [-0.15, -0.1) is 0 Å². The fraction of sp³-hybridized carbons (Fsp3) is 0.375. The van der Waals surface area contributed by atoms with Gasteiger partial charge in [0.2, 0.25) is 0 Å². The summed E-state index contributed by atoms with van der Waals surface area (Å²) in [6.45, 7) is 0. The minimum Gasteiger partial charge on any atom is -0.478 e. The minimum atomic E-state index is -1.09. The lowest BCUT2D eigenvalue weighted by Gasteiger charge is -1.99. The van der Waals surface area contributed by atoms with Crippen LogP contribution >= 0.6 is 11.6 Å². The smallest absolute Gasteiger partial charge is 0.340 e. The van der Waals surface area contributed by atoms with Gasteiger partial charge in [0.15, 0.2) is 0 Å². The van der Waals surface area contributed by atoms with Gasteiger partial charge in [0.1, 0.15) is 16.5 Å². The molecular formula is C8H7ClN2O2. The van der Waals surface area contributed by atoms with E-state index in [1.807, 2.05) is 0 Å². The Kier molecular flexibility index (Phi) is 1.92. The average Bonchev–Trinajstić information content (AvgIpc) is 2.85. The van der Waals surface area contributed by atoms with Crippen molar-refractivity contribution in [3.8, 4) is 0 Å². The highest BCUT2D eigenvalue weighted by atomic mass is 35.5. The Balaban J connectivity index is 2.36. The summed E-state index contributed by atoms with van der Waals surface area (Å²) in [5.41, 5.74) is -0.0360. The first kappa shape index (κ1) is 8.44. The molecule has 0 aliphatic heterocycles. The Hall–Kier alpha value is -1.16.